The molecule has 150 valence electrons. The number of nitrogens with one attached hydrogen (secondary N) is 3. The smallest absolute Gasteiger partial charge is 0.152 e. The van der Waals surface area contributed by atoms with E-state index in [0.29, 0.717) is 17.4 Å². The summed E-state index contributed by atoms with van der Waals surface area (Å²) in [5, 5.41) is 22.8. The lowest BCUT2D eigenvalue weighted by Crippen LogP contribution is -2.26. The summed E-state index contributed by atoms with van der Waals surface area (Å²) >= 11 is 0. The van der Waals surface area contributed by atoms with Gasteiger partial charge in [0.1, 0.15) is 17.5 Å². The Labute approximate surface area is 175 Å². The highest BCUT2D eigenvalue weighted by Gasteiger charge is 2.18. The van der Waals surface area contributed by atoms with Gasteiger partial charge in [0, 0.05) is 11.6 Å². The summed E-state index contributed by atoms with van der Waals surface area (Å²) in [6.07, 6.45) is 3.92. The first-order valence-electron chi connectivity index (χ1n) is 9.34. The second kappa shape index (κ2) is 9.41. The Bertz CT molecular complexity index is 989. The predicted octanol–water partition coefficient (Wildman–Crippen LogP) is 3.98. The van der Waals surface area contributed by atoms with Crippen LogP contribution in [0.4, 0.5) is 11.5 Å². The Morgan fingerprint density at radius 3 is 2.69 bits per heavy atom. The van der Waals surface area contributed by atoms with Crippen LogP contribution in [0.5, 0.6) is 5.75 Å². The maximum absolute atomic E-state index is 8.83. The highest BCUT2D eigenvalue weighted by molar-refractivity contribution is 5.85. The molecule has 0 saturated carbocycles. The van der Waals surface area contributed by atoms with Gasteiger partial charge in [-0.25, -0.2) is 4.98 Å². The van der Waals surface area contributed by atoms with E-state index in [9.17, 15) is 0 Å². The minimum absolute atomic E-state index is 0. The molecule has 3 aromatic rings. The predicted molar refractivity (Wildman–Crippen MR) is 115 cm³/mol. The van der Waals surface area contributed by atoms with Gasteiger partial charge < -0.3 is 15.4 Å². The van der Waals surface area contributed by atoms with Crippen LogP contribution in [0.2, 0.25) is 0 Å². The normalized spacial score (nSPS) is 13.9. The van der Waals surface area contributed by atoms with Crippen molar-refractivity contribution < 1.29 is 4.74 Å². The molecule has 3 heterocycles. The molecule has 3 N–H and O–H groups in total. The van der Waals surface area contributed by atoms with Crippen molar-refractivity contribution >= 4 is 23.9 Å². The van der Waals surface area contributed by atoms with Crippen LogP contribution in [0, 0.1) is 11.3 Å². The molecule has 0 bridgehead atoms. The Balaban J connectivity index is 0.00000240. The summed E-state index contributed by atoms with van der Waals surface area (Å²) < 4.78 is 5.66. The molecule has 0 spiro atoms. The van der Waals surface area contributed by atoms with Crippen LogP contribution in [0.3, 0.4) is 0 Å². The number of ether oxygens (including phenoxy) is 1. The Morgan fingerprint density at radius 1 is 1.17 bits per heavy atom. The number of aromatic amines is 1. The number of nitriles is 1. The highest BCUT2D eigenvalue weighted by atomic mass is 35.5. The molecular formula is C21H23ClN6O. The first-order chi connectivity index (χ1) is 13.8. The van der Waals surface area contributed by atoms with Crippen LogP contribution < -0.4 is 15.4 Å². The second-order valence-electron chi connectivity index (χ2n) is 6.82. The van der Waals surface area contributed by atoms with Crippen molar-refractivity contribution in [3.8, 4) is 23.1 Å². The lowest BCUT2D eigenvalue weighted by Gasteiger charge is -2.23. The van der Waals surface area contributed by atoms with Gasteiger partial charge in [0.05, 0.1) is 24.7 Å². The van der Waals surface area contributed by atoms with Gasteiger partial charge in [-0.15, -0.1) is 12.4 Å². The lowest BCUT2D eigenvalue weighted by atomic mass is 9.89. The summed E-state index contributed by atoms with van der Waals surface area (Å²) in [6.45, 7) is 2.13. The largest absolute Gasteiger partial charge is 0.496 e. The van der Waals surface area contributed by atoms with Crippen molar-refractivity contribution in [2.24, 2.45) is 0 Å². The number of benzene rings is 1. The van der Waals surface area contributed by atoms with Crippen molar-refractivity contribution in [2.45, 2.75) is 18.8 Å². The number of aromatic nitrogens is 3. The number of methoxy groups -OCH3 is 1. The van der Waals surface area contributed by atoms with Gasteiger partial charge >= 0.3 is 0 Å². The third kappa shape index (κ3) is 4.67. The summed E-state index contributed by atoms with van der Waals surface area (Å²) in [7, 11) is 1.70. The number of pyridine rings is 1. The first-order valence-corrected chi connectivity index (χ1v) is 9.34. The average Bonchev–Trinajstić information content (AvgIpc) is 3.22. The number of hydrogen-bond acceptors (Lipinski definition) is 6. The average molecular weight is 411 g/mol. The molecule has 1 aromatic carbocycles. The third-order valence-corrected chi connectivity index (χ3v) is 5.05. The van der Waals surface area contributed by atoms with E-state index in [4.69, 9.17) is 10.00 Å². The van der Waals surface area contributed by atoms with Crippen molar-refractivity contribution in [1.29, 1.82) is 5.26 Å². The zero-order chi connectivity index (χ0) is 19.3. The molecule has 2 aromatic heterocycles. The minimum Gasteiger partial charge on any atom is -0.496 e. The van der Waals surface area contributed by atoms with Crippen LogP contribution >= 0.6 is 12.4 Å². The maximum Gasteiger partial charge on any atom is 0.152 e. The number of hydrogen-bond donors (Lipinski definition) is 3. The Morgan fingerprint density at radius 2 is 2.00 bits per heavy atom. The monoisotopic (exact) mass is 410 g/mol. The summed E-state index contributed by atoms with van der Waals surface area (Å²) in [6, 6.07) is 13.8. The minimum atomic E-state index is 0. The lowest BCUT2D eigenvalue weighted by molar-refractivity contribution is 0.412. The second-order valence-corrected chi connectivity index (χ2v) is 6.82. The van der Waals surface area contributed by atoms with Gasteiger partial charge in [0.2, 0.25) is 0 Å². The molecule has 1 fully saturated rings. The van der Waals surface area contributed by atoms with E-state index in [1.807, 2.05) is 12.1 Å². The van der Waals surface area contributed by atoms with E-state index in [1.165, 1.54) is 5.56 Å². The molecule has 7 nitrogen and oxygen atoms in total. The van der Waals surface area contributed by atoms with E-state index >= 15 is 0 Å². The fraction of sp³-hybridized carbons (Fsp3) is 0.286. The molecule has 0 atom stereocenters. The molecule has 0 radical (unpaired) electrons. The van der Waals surface area contributed by atoms with Gasteiger partial charge in [0.15, 0.2) is 5.82 Å². The molecule has 0 amide bonds. The molecule has 0 unspecified atom stereocenters. The number of rotatable bonds is 5. The van der Waals surface area contributed by atoms with E-state index < -0.39 is 0 Å². The number of piperidine rings is 1. The summed E-state index contributed by atoms with van der Waals surface area (Å²) in [4.78, 5) is 4.05. The summed E-state index contributed by atoms with van der Waals surface area (Å²) in [5.41, 5.74) is 4.32. The van der Waals surface area contributed by atoms with Crippen LogP contribution in [-0.2, 0) is 0 Å². The molecule has 8 heteroatoms. The van der Waals surface area contributed by atoms with Gasteiger partial charge in [-0.1, -0.05) is 6.07 Å². The van der Waals surface area contributed by atoms with E-state index in [1.54, 1.807) is 25.4 Å². The van der Waals surface area contributed by atoms with Crippen LogP contribution in [0.1, 0.15) is 30.0 Å². The molecule has 1 aliphatic rings. The van der Waals surface area contributed by atoms with Crippen molar-refractivity contribution in [1.82, 2.24) is 20.5 Å². The molecule has 4 rings (SSSR count). The Kier molecular flexibility index (Phi) is 6.70. The molecule has 0 aliphatic carbocycles. The number of halogens is 1. The SMILES string of the molecule is COc1cc(C2CCNCC2)ccc1-c1cc(Nc2ccc(C#N)nc2)n[nH]1.Cl. The number of nitrogens with zero attached hydrogens (tertiary/aromatic N) is 3. The van der Waals surface area contributed by atoms with Gasteiger partial charge in [-0.3, -0.25) is 5.10 Å². The zero-order valence-corrected chi connectivity index (χ0v) is 16.9. The zero-order valence-electron chi connectivity index (χ0n) is 16.1. The van der Waals surface area contributed by atoms with Gasteiger partial charge in [-0.2, -0.15) is 10.4 Å². The molecule has 29 heavy (non-hydrogen) atoms. The van der Waals surface area contributed by atoms with E-state index in [-0.39, 0.29) is 12.4 Å². The van der Waals surface area contributed by atoms with Gasteiger partial charge in [-0.05, 0) is 61.7 Å². The fourth-order valence-corrected chi connectivity index (χ4v) is 3.55. The quantitative estimate of drug-likeness (QED) is 0.588. The van der Waals surface area contributed by atoms with E-state index in [2.05, 4.69) is 44.0 Å². The summed E-state index contributed by atoms with van der Waals surface area (Å²) in [5.74, 6) is 2.09. The van der Waals surface area contributed by atoms with E-state index in [0.717, 1.165) is 48.6 Å². The third-order valence-electron chi connectivity index (χ3n) is 5.05. The van der Waals surface area contributed by atoms with Crippen molar-refractivity contribution in [3.63, 3.8) is 0 Å². The Hall–Kier alpha value is -3.08. The van der Waals surface area contributed by atoms with Gasteiger partial charge in [0.25, 0.3) is 0 Å². The number of anilines is 2. The van der Waals surface area contributed by atoms with Crippen LogP contribution in [0.25, 0.3) is 11.3 Å². The first kappa shape index (κ1) is 20.6. The fourth-order valence-electron chi connectivity index (χ4n) is 3.55. The van der Waals surface area contributed by atoms with Crippen LogP contribution in [0.15, 0.2) is 42.6 Å². The standard InChI is InChI=1S/C21H22N6O.ClH/c1-28-20-10-15(14-6-8-23-9-7-14)2-5-18(20)19-11-21(27-26-19)25-17-4-3-16(12-22)24-13-17;/h2-5,10-11,13-14,23H,6-9H2,1H3,(H2,25,26,27);1H. The van der Waals surface area contributed by atoms with Crippen molar-refractivity contribution in [3.05, 3.63) is 53.9 Å². The maximum atomic E-state index is 8.83. The van der Waals surface area contributed by atoms with Crippen LogP contribution in [-0.4, -0.2) is 35.4 Å². The topological polar surface area (TPSA) is 98.7 Å². The molecule has 1 saturated heterocycles. The van der Waals surface area contributed by atoms with Crippen molar-refractivity contribution in [2.75, 3.05) is 25.5 Å². The number of H-pyrrole nitrogens is 1. The molecular weight excluding hydrogens is 388 g/mol. The highest BCUT2D eigenvalue weighted by Crippen LogP contribution is 2.35. The molecule has 1 aliphatic heterocycles.